The first-order valence-electron chi connectivity index (χ1n) is 7.20. The number of carbonyl (C=O) groups excluding carboxylic acids is 1. The van der Waals surface area contributed by atoms with Gasteiger partial charge in [0.1, 0.15) is 5.82 Å². The fourth-order valence-electron chi connectivity index (χ4n) is 2.49. The molecule has 1 N–H and O–H groups in total. The molecule has 0 spiro atoms. The molecule has 1 saturated heterocycles. The van der Waals surface area contributed by atoms with Crippen LogP contribution in [0, 0.1) is 5.92 Å². The number of nitrogens with zero attached hydrogens (tertiary/aromatic N) is 2. The fourth-order valence-corrected chi connectivity index (χ4v) is 2.49. The summed E-state index contributed by atoms with van der Waals surface area (Å²) < 4.78 is 0. The van der Waals surface area contributed by atoms with Crippen LogP contribution in [0.4, 0.5) is 5.82 Å². The van der Waals surface area contributed by atoms with Gasteiger partial charge in [-0.3, -0.25) is 4.79 Å². The third kappa shape index (κ3) is 3.69. The molecule has 1 aromatic heterocycles. The molecular weight excluding hydrogens is 238 g/mol. The van der Waals surface area contributed by atoms with E-state index in [4.69, 9.17) is 0 Å². The van der Waals surface area contributed by atoms with E-state index in [1.54, 1.807) is 12.3 Å². The molecule has 2 heterocycles. The number of hydrogen-bond donors (Lipinski definition) is 1. The van der Waals surface area contributed by atoms with Gasteiger partial charge in [0.15, 0.2) is 0 Å². The minimum Gasteiger partial charge on any atom is -0.370 e. The summed E-state index contributed by atoms with van der Waals surface area (Å²) in [6, 6.07) is 3.65. The molecule has 1 amide bonds. The van der Waals surface area contributed by atoms with E-state index in [1.807, 2.05) is 17.9 Å². The number of hydrogen-bond acceptors (Lipinski definition) is 3. The molecule has 1 aromatic rings. The maximum atomic E-state index is 12.5. The number of anilines is 1. The molecule has 19 heavy (non-hydrogen) atoms. The minimum atomic E-state index is 0.135. The Hall–Kier alpha value is -1.58. The molecule has 0 bridgehead atoms. The Labute approximate surface area is 115 Å². The van der Waals surface area contributed by atoms with E-state index in [0.29, 0.717) is 0 Å². The molecule has 104 valence electrons. The van der Waals surface area contributed by atoms with E-state index in [1.165, 1.54) is 6.42 Å². The maximum absolute atomic E-state index is 12.5. The van der Waals surface area contributed by atoms with E-state index in [0.717, 1.165) is 49.8 Å². The first kappa shape index (κ1) is 13.8. The molecule has 2 rings (SSSR count). The number of rotatable bonds is 3. The van der Waals surface area contributed by atoms with Crippen LogP contribution in [0.15, 0.2) is 18.3 Å². The van der Waals surface area contributed by atoms with Gasteiger partial charge in [0.25, 0.3) is 5.91 Å². The Morgan fingerprint density at radius 2 is 2.32 bits per heavy atom. The number of carbonyl (C=O) groups is 1. The molecule has 0 aliphatic carbocycles. The second-order valence-corrected chi connectivity index (χ2v) is 5.29. The van der Waals surface area contributed by atoms with Crippen molar-refractivity contribution < 1.29 is 4.79 Å². The van der Waals surface area contributed by atoms with Gasteiger partial charge in [0.05, 0.1) is 0 Å². The number of aromatic nitrogens is 1. The van der Waals surface area contributed by atoms with Crippen LogP contribution in [0.1, 0.15) is 43.5 Å². The van der Waals surface area contributed by atoms with E-state index >= 15 is 0 Å². The van der Waals surface area contributed by atoms with Gasteiger partial charge in [-0.25, -0.2) is 4.98 Å². The molecule has 4 heteroatoms. The van der Waals surface area contributed by atoms with Gasteiger partial charge < -0.3 is 10.2 Å². The predicted molar refractivity (Wildman–Crippen MR) is 77.3 cm³/mol. The van der Waals surface area contributed by atoms with Gasteiger partial charge >= 0.3 is 0 Å². The summed E-state index contributed by atoms with van der Waals surface area (Å²) in [5.41, 5.74) is 0.737. The Balaban J connectivity index is 2.07. The Bertz CT molecular complexity index is 433. The Morgan fingerprint density at radius 3 is 3.11 bits per heavy atom. The molecule has 0 radical (unpaired) electrons. The lowest BCUT2D eigenvalue weighted by Gasteiger charge is -2.20. The third-order valence-corrected chi connectivity index (χ3v) is 3.67. The zero-order valence-corrected chi connectivity index (χ0v) is 11.9. The number of amides is 1. The van der Waals surface area contributed by atoms with Crippen LogP contribution in [0.2, 0.25) is 0 Å². The van der Waals surface area contributed by atoms with E-state index in [-0.39, 0.29) is 5.91 Å². The van der Waals surface area contributed by atoms with Gasteiger partial charge in [0, 0.05) is 31.4 Å². The largest absolute Gasteiger partial charge is 0.370 e. The molecule has 4 nitrogen and oxygen atoms in total. The summed E-state index contributed by atoms with van der Waals surface area (Å²) >= 11 is 0. The highest BCUT2D eigenvalue weighted by Crippen LogP contribution is 2.18. The van der Waals surface area contributed by atoms with E-state index < -0.39 is 0 Å². The Morgan fingerprint density at radius 1 is 1.47 bits per heavy atom. The highest BCUT2D eigenvalue weighted by atomic mass is 16.2. The third-order valence-electron chi connectivity index (χ3n) is 3.67. The van der Waals surface area contributed by atoms with Gasteiger partial charge in [-0.15, -0.1) is 0 Å². The smallest absolute Gasteiger partial charge is 0.254 e. The quantitative estimate of drug-likeness (QED) is 0.910. The average Bonchev–Trinajstić information content (AvgIpc) is 2.63. The normalized spacial score (nSPS) is 19.9. The zero-order chi connectivity index (χ0) is 13.7. The van der Waals surface area contributed by atoms with Crippen LogP contribution in [-0.2, 0) is 0 Å². The van der Waals surface area contributed by atoms with Crippen LogP contribution in [0.25, 0.3) is 0 Å². The first-order valence-corrected chi connectivity index (χ1v) is 7.20. The lowest BCUT2D eigenvalue weighted by molar-refractivity contribution is 0.0760. The second kappa shape index (κ2) is 6.55. The molecule has 1 unspecified atom stereocenters. The number of pyridine rings is 1. The summed E-state index contributed by atoms with van der Waals surface area (Å²) in [6.07, 6.45) is 5.14. The van der Waals surface area contributed by atoms with E-state index in [9.17, 15) is 4.79 Å². The monoisotopic (exact) mass is 261 g/mol. The van der Waals surface area contributed by atoms with Crippen molar-refractivity contribution in [2.45, 2.75) is 33.1 Å². The van der Waals surface area contributed by atoms with Crippen LogP contribution >= 0.6 is 0 Å². The van der Waals surface area contributed by atoms with Crippen molar-refractivity contribution in [2.24, 2.45) is 5.92 Å². The van der Waals surface area contributed by atoms with Gasteiger partial charge in [-0.2, -0.15) is 0 Å². The fraction of sp³-hybridized carbons (Fsp3) is 0.600. The predicted octanol–water partition coefficient (Wildman–Crippen LogP) is 2.78. The lowest BCUT2D eigenvalue weighted by atomic mass is 10.0. The number of likely N-dealkylation sites (tertiary alicyclic amines) is 1. The summed E-state index contributed by atoms with van der Waals surface area (Å²) in [6.45, 7) is 6.85. The Kier molecular flexibility index (Phi) is 4.77. The highest BCUT2D eigenvalue weighted by Gasteiger charge is 2.19. The highest BCUT2D eigenvalue weighted by molar-refractivity contribution is 5.94. The van der Waals surface area contributed by atoms with Crippen LogP contribution in [-0.4, -0.2) is 35.4 Å². The number of nitrogens with one attached hydrogen (secondary N) is 1. The van der Waals surface area contributed by atoms with Crippen LogP contribution in [0.3, 0.4) is 0 Å². The second-order valence-electron chi connectivity index (χ2n) is 5.29. The standard InChI is InChI=1S/C15H23N3O/c1-3-16-14-11-13(6-8-17-14)15(19)18-9-4-5-12(2)7-10-18/h6,8,11-12H,3-5,7,9-10H2,1-2H3,(H,16,17). The molecule has 1 aliphatic rings. The molecule has 0 aromatic carbocycles. The van der Waals surface area contributed by atoms with Crippen molar-refractivity contribution in [3.8, 4) is 0 Å². The summed E-state index contributed by atoms with van der Waals surface area (Å²) in [5.74, 6) is 1.64. The van der Waals surface area contributed by atoms with Crippen molar-refractivity contribution >= 4 is 11.7 Å². The molecule has 1 atom stereocenters. The van der Waals surface area contributed by atoms with Gasteiger partial charge in [-0.05, 0) is 44.2 Å². The lowest BCUT2D eigenvalue weighted by Crippen LogP contribution is -2.32. The first-order chi connectivity index (χ1) is 9.20. The van der Waals surface area contributed by atoms with Crippen molar-refractivity contribution in [1.29, 1.82) is 0 Å². The summed E-state index contributed by atoms with van der Waals surface area (Å²) in [5, 5.41) is 3.14. The van der Waals surface area contributed by atoms with Crippen molar-refractivity contribution in [3.05, 3.63) is 23.9 Å². The van der Waals surface area contributed by atoms with Crippen molar-refractivity contribution in [2.75, 3.05) is 25.0 Å². The van der Waals surface area contributed by atoms with Gasteiger partial charge in [0.2, 0.25) is 0 Å². The summed E-state index contributed by atoms with van der Waals surface area (Å²) in [4.78, 5) is 18.7. The van der Waals surface area contributed by atoms with Crippen molar-refractivity contribution in [1.82, 2.24) is 9.88 Å². The minimum absolute atomic E-state index is 0.135. The molecule has 1 fully saturated rings. The molecule has 0 saturated carbocycles. The van der Waals surface area contributed by atoms with E-state index in [2.05, 4.69) is 17.2 Å². The van der Waals surface area contributed by atoms with Crippen LogP contribution < -0.4 is 5.32 Å². The van der Waals surface area contributed by atoms with Gasteiger partial charge in [-0.1, -0.05) is 6.92 Å². The topological polar surface area (TPSA) is 45.2 Å². The van der Waals surface area contributed by atoms with Crippen molar-refractivity contribution in [3.63, 3.8) is 0 Å². The summed E-state index contributed by atoms with van der Waals surface area (Å²) in [7, 11) is 0. The SMILES string of the molecule is CCNc1cc(C(=O)N2CCCC(C)CC2)ccn1. The molecular formula is C15H23N3O. The maximum Gasteiger partial charge on any atom is 0.254 e. The average molecular weight is 261 g/mol. The van der Waals surface area contributed by atoms with Crippen LogP contribution in [0.5, 0.6) is 0 Å². The molecule has 1 aliphatic heterocycles. The zero-order valence-electron chi connectivity index (χ0n) is 11.9.